The van der Waals surface area contributed by atoms with Crippen LogP contribution in [0.4, 0.5) is 17.5 Å². The van der Waals surface area contributed by atoms with E-state index in [9.17, 15) is 14.4 Å². The van der Waals surface area contributed by atoms with E-state index in [0.29, 0.717) is 44.1 Å². The lowest BCUT2D eigenvalue weighted by Gasteiger charge is -2.20. The molecule has 120 valence electrons. The fourth-order valence-electron chi connectivity index (χ4n) is 2.20. The van der Waals surface area contributed by atoms with Gasteiger partial charge in [0.25, 0.3) is 18.5 Å². The Labute approximate surface area is 125 Å². The molecule has 10 nitrogen and oxygen atoms in total. The van der Waals surface area contributed by atoms with Crippen LogP contribution in [0.1, 0.15) is 6.42 Å². The SMILES string of the molecule is Nc1nc2c(c(=O)[nH]1)NCN2CCC(COC=O)COC=O. The molecule has 0 aliphatic carbocycles. The molecule has 1 aliphatic rings. The Morgan fingerprint density at radius 1 is 1.32 bits per heavy atom. The van der Waals surface area contributed by atoms with Crippen molar-refractivity contribution in [3.05, 3.63) is 10.4 Å². The van der Waals surface area contributed by atoms with Crippen molar-refractivity contribution in [3.8, 4) is 0 Å². The molecule has 0 unspecified atom stereocenters. The Morgan fingerprint density at radius 2 is 2.00 bits per heavy atom. The number of aromatic nitrogens is 2. The molecule has 2 rings (SSSR count). The molecule has 0 atom stereocenters. The minimum absolute atomic E-state index is 0.0441. The maximum absolute atomic E-state index is 11.7. The number of nitrogens with zero attached hydrogens (tertiary/aromatic N) is 2. The van der Waals surface area contributed by atoms with Gasteiger partial charge in [-0.05, 0) is 6.42 Å². The van der Waals surface area contributed by atoms with Gasteiger partial charge in [0.2, 0.25) is 5.95 Å². The summed E-state index contributed by atoms with van der Waals surface area (Å²) in [6.07, 6.45) is 0.581. The summed E-state index contributed by atoms with van der Waals surface area (Å²) in [5.74, 6) is 0.383. The van der Waals surface area contributed by atoms with Gasteiger partial charge in [0.05, 0.1) is 19.9 Å². The lowest BCUT2D eigenvalue weighted by Crippen LogP contribution is -2.28. The van der Waals surface area contributed by atoms with E-state index >= 15 is 0 Å². The zero-order valence-corrected chi connectivity index (χ0v) is 11.8. The molecular weight excluding hydrogens is 294 g/mol. The quantitative estimate of drug-likeness (QED) is 0.484. The van der Waals surface area contributed by atoms with Crippen LogP contribution in [-0.2, 0) is 19.1 Å². The Morgan fingerprint density at radius 3 is 2.64 bits per heavy atom. The van der Waals surface area contributed by atoms with Crippen molar-refractivity contribution in [1.29, 1.82) is 0 Å². The zero-order valence-electron chi connectivity index (χ0n) is 11.8. The number of carbonyl (C=O) groups excluding carboxylic acids is 2. The largest absolute Gasteiger partial charge is 0.467 e. The van der Waals surface area contributed by atoms with Crippen molar-refractivity contribution in [2.24, 2.45) is 5.92 Å². The highest BCUT2D eigenvalue weighted by Crippen LogP contribution is 2.26. The summed E-state index contributed by atoms with van der Waals surface area (Å²) in [6.45, 7) is 1.95. The first kappa shape index (κ1) is 15.6. The summed E-state index contributed by atoms with van der Waals surface area (Å²) in [7, 11) is 0. The van der Waals surface area contributed by atoms with Crippen molar-refractivity contribution < 1.29 is 19.1 Å². The van der Waals surface area contributed by atoms with Crippen LogP contribution < -0.4 is 21.5 Å². The molecule has 10 heteroatoms. The van der Waals surface area contributed by atoms with Crippen molar-refractivity contribution >= 4 is 30.4 Å². The average molecular weight is 311 g/mol. The summed E-state index contributed by atoms with van der Waals surface area (Å²) < 4.78 is 9.43. The Balaban J connectivity index is 1.98. The first-order chi connectivity index (χ1) is 10.7. The van der Waals surface area contributed by atoms with Gasteiger partial charge in [0.15, 0.2) is 5.82 Å². The minimum atomic E-state index is -0.324. The molecule has 0 saturated carbocycles. The molecular formula is C12H17N5O5. The topological polar surface area (TPSA) is 140 Å². The lowest BCUT2D eigenvalue weighted by atomic mass is 10.1. The van der Waals surface area contributed by atoms with Crippen LogP contribution in [0, 0.1) is 5.92 Å². The van der Waals surface area contributed by atoms with Crippen molar-refractivity contribution in [2.75, 3.05) is 42.4 Å². The molecule has 0 bridgehead atoms. The van der Waals surface area contributed by atoms with Gasteiger partial charge in [0.1, 0.15) is 5.69 Å². The van der Waals surface area contributed by atoms with Crippen molar-refractivity contribution in [3.63, 3.8) is 0 Å². The Hall–Kier alpha value is -2.78. The number of anilines is 3. The summed E-state index contributed by atoms with van der Waals surface area (Å²) in [5, 5.41) is 2.95. The fraction of sp³-hybridized carbons (Fsp3) is 0.500. The van der Waals surface area contributed by atoms with E-state index in [2.05, 4.69) is 15.3 Å². The third kappa shape index (κ3) is 3.65. The predicted molar refractivity (Wildman–Crippen MR) is 77.2 cm³/mol. The second-order valence-electron chi connectivity index (χ2n) is 4.76. The molecule has 0 amide bonds. The van der Waals surface area contributed by atoms with E-state index in [1.807, 2.05) is 4.90 Å². The van der Waals surface area contributed by atoms with Crippen LogP contribution in [0.5, 0.6) is 0 Å². The summed E-state index contributed by atoms with van der Waals surface area (Å²) in [4.78, 5) is 40.6. The number of H-pyrrole nitrogens is 1. The summed E-state index contributed by atoms with van der Waals surface area (Å²) in [5.41, 5.74) is 5.59. The second-order valence-corrected chi connectivity index (χ2v) is 4.76. The molecule has 0 fully saturated rings. The maximum atomic E-state index is 11.7. The fourth-order valence-corrected chi connectivity index (χ4v) is 2.20. The molecule has 1 aromatic heterocycles. The minimum Gasteiger partial charge on any atom is -0.467 e. The normalized spacial score (nSPS) is 12.7. The number of nitrogens with two attached hydrogens (primary N) is 1. The van der Waals surface area contributed by atoms with Gasteiger partial charge in [-0.15, -0.1) is 0 Å². The molecule has 0 saturated heterocycles. The van der Waals surface area contributed by atoms with E-state index in [1.165, 1.54) is 0 Å². The molecule has 0 spiro atoms. The van der Waals surface area contributed by atoms with E-state index in [-0.39, 0.29) is 30.6 Å². The smallest absolute Gasteiger partial charge is 0.293 e. The standard InChI is InChI=1S/C12H17N5O5/c13-12-15-10-9(11(20)16-12)14-5-17(10)2-1-8(3-21-6-18)4-22-7-19/h6-8,14H,1-5H2,(H3,13,15,16,20). The average Bonchev–Trinajstić information content (AvgIpc) is 2.90. The highest BCUT2D eigenvalue weighted by Gasteiger charge is 2.24. The van der Waals surface area contributed by atoms with Gasteiger partial charge in [-0.3, -0.25) is 19.4 Å². The van der Waals surface area contributed by atoms with E-state index < -0.39 is 0 Å². The second kappa shape index (κ2) is 7.29. The molecule has 22 heavy (non-hydrogen) atoms. The first-order valence-electron chi connectivity index (χ1n) is 6.64. The van der Waals surface area contributed by atoms with Gasteiger partial charge in [-0.25, -0.2) is 0 Å². The third-order valence-electron chi connectivity index (χ3n) is 3.27. The third-order valence-corrected chi connectivity index (χ3v) is 3.27. The van der Waals surface area contributed by atoms with Crippen molar-refractivity contribution in [1.82, 2.24) is 9.97 Å². The Kier molecular flexibility index (Phi) is 5.17. The van der Waals surface area contributed by atoms with Gasteiger partial charge in [0, 0.05) is 12.5 Å². The van der Waals surface area contributed by atoms with Gasteiger partial charge in [-0.2, -0.15) is 4.98 Å². The van der Waals surface area contributed by atoms with Crippen LogP contribution in [0.15, 0.2) is 4.79 Å². The number of fused-ring (bicyclic) bond motifs is 1. The molecule has 2 heterocycles. The number of ether oxygens (including phenoxy) is 2. The van der Waals surface area contributed by atoms with Crippen LogP contribution in [0.2, 0.25) is 0 Å². The first-order valence-corrected chi connectivity index (χ1v) is 6.64. The van der Waals surface area contributed by atoms with Gasteiger partial charge in [-0.1, -0.05) is 0 Å². The molecule has 1 aliphatic heterocycles. The van der Waals surface area contributed by atoms with E-state index in [0.717, 1.165) is 0 Å². The number of nitrogens with one attached hydrogen (secondary N) is 2. The zero-order chi connectivity index (χ0) is 15.9. The lowest BCUT2D eigenvalue weighted by molar-refractivity contribution is -0.133. The summed E-state index contributed by atoms with van der Waals surface area (Å²) in [6, 6.07) is 0. The molecule has 0 aromatic carbocycles. The van der Waals surface area contributed by atoms with Crippen LogP contribution in [-0.4, -0.2) is 49.3 Å². The number of aromatic amines is 1. The number of carbonyl (C=O) groups is 2. The number of rotatable bonds is 9. The highest BCUT2D eigenvalue weighted by atomic mass is 16.5. The maximum Gasteiger partial charge on any atom is 0.293 e. The molecule has 4 N–H and O–H groups in total. The Bertz CT molecular complexity index is 578. The number of nitrogen functional groups attached to an aromatic ring is 1. The highest BCUT2D eigenvalue weighted by molar-refractivity contribution is 5.70. The predicted octanol–water partition coefficient (Wildman–Crippen LogP) is -1.11. The van der Waals surface area contributed by atoms with Crippen molar-refractivity contribution in [2.45, 2.75) is 6.42 Å². The van der Waals surface area contributed by atoms with Crippen LogP contribution >= 0.6 is 0 Å². The molecule has 1 aromatic rings. The van der Waals surface area contributed by atoms with Crippen LogP contribution in [0.3, 0.4) is 0 Å². The van der Waals surface area contributed by atoms with Gasteiger partial charge < -0.3 is 25.4 Å². The van der Waals surface area contributed by atoms with E-state index in [1.54, 1.807) is 0 Å². The monoisotopic (exact) mass is 311 g/mol. The van der Waals surface area contributed by atoms with Gasteiger partial charge >= 0.3 is 0 Å². The van der Waals surface area contributed by atoms with E-state index in [4.69, 9.17) is 15.2 Å². The van der Waals surface area contributed by atoms with Crippen LogP contribution in [0.25, 0.3) is 0 Å². The molecule has 0 radical (unpaired) electrons. The number of hydrogen-bond acceptors (Lipinski definition) is 9. The number of hydrogen-bond donors (Lipinski definition) is 3. The summed E-state index contributed by atoms with van der Waals surface area (Å²) >= 11 is 0.